The molecule has 2 heterocycles. The van der Waals surface area contributed by atoms with Crippen molar-refractivity contribution in [2.45, 2.75) is 31.3 Å². The fraction of sp³-hybridized carbons (Fsp3) is 0.500. The number of hydrogen-bond acceptors (Lipinski definition) is 6. The van der Waals surface area contributed by atoms with Crippen LogP contribution in [0.1, 0.15) is 31.5 Å². The second kappa shape index (κ2) is 4.37. The summed E-state index contributed by atoms with van der Waals surface area (Å²) < 4.78 is 10.9. The van der Waals surface area contributed by atoms with Gasteiger partial charge in [0.25, 0.3) is 5.89 Å². The van der Waals surface area contributed by atoms with Crippen molar-refractivity contribution < 1.29 is 9.26 Å². The summed E-state index contributed by atoms with van der Waals surface area (Å²) in [6.45, 7) is 0. The van der Waals surface area contributed by atoms with Crippen molar-refractivity contribution in [3.05, 3.63) is 17.3 Å². The topological polar surface area (TPSA) is 74.2 Å². The van der Waals surface area contributed by atoms with Crippen LogP contribution in [-0.4, -0.2) is 17.3 Å². The van der Waals surface area contributed by atoms with Gasteiger partial charge in [-0.2, -0.15) is 4.98 Å². The summed E-state index contributed by atoms with van der Waals surface area (Å²) in [5.41, 5.74) is 6.30. The monoisotopic (exact) mass is 265 g/mol. The Morgan fingerprint density at radius 2 is 2.22 bits per heavy atom. The molecule has 2 aromatic rings. The van der Waals surface area contributed by atoms with Crippen molar-refractivity contribution >= 4 is 16.3 Å². The maximum atomic E-state index is 5.86. The molecule has 0 aromatic carbocycles. The van der Waals surface area contributed by atoms with Crippen molar-refractivity contribution in [1.82, 2.24) is 10.1 Å². The molecule has 96 valence electrons. The fourth-order valence-corrected chi connectivity index (χ4v) is 3.11. The zero-order valence-electron chi connectivity index (χ0n) is 10.2. The van der Waals surface area contributed by atoms with E-state index in [1.165, 1.54) is 11.3 Å². The molecule has 0 saturated heterocycles. The van der Waals surface area contributed by atoms with Crippen LogP contribution in [0.5, 0.6) is 0 Å². The minimum absolute atomic E-state index is 0.369. The van der Waals surface area contributed by atoms with Gasteiger partial charge in [0.2, 0.25) is 5.82 Å². The molecule has 0 bridgehead atoms. The first-order valence-corrected chi connectivity index (χ1v) is 6.86. The third-order valence-corrected chi connectivity index (χ3v) is 4.31. The predicted octanol–water partition coefficient (Wildman–Crippen LogP) is 2.80. The Morgan fingerprint density at radius 3 is 2.83 bits per heavy atom. The van der Waals surface area contributed by atoms with E-state index in [1.807, 2.05) is 11.4 Å². The molecule has 1 saturated carbocycles. The largest absolute Gasteiger partial charge is 0.390 e. The Morgan fingerprint density at radius 1 is 1.44 bits per heavy atom. The van der Waals surface area contributed by atoms with Gasteiger partial charge in [0.1, 0.15) is 5.60 Å². The second-order valence-electron chi connectivity index (χ2n) is 4.53. The summed E-state index contributed by atoms with van der Waals surface area (Å²) in [6, 6.07) is 1.89. The van der Waals surface area contributed by atoms with E-state index in [4.69, 9.17) is 15.0 Å². The molecule has 2 aromatic heterocycles. The smallest absolute Gasteiger partial charge is 0.261 e. The van der Waals surface area contributed by atoms with Gasteiger partial charge in [-0.3, -0.25) is 0 Å². The van der Waals surface area contributed by atoms with E-state index in [0.29, 0.717) is 16.7 Å². The minimum Gasteiger partial charge on any atom is -0.390 e. The molecular formula is C12H15N3O2S. The lowest BCUT2D eigenvalue weighted by Crippen LogP contribution is -2.25. The summed E-state index contributed by atoms with van der Waals surface area (Å²) in [5, 5.41) is 6.69. The molecule has 1 aliphatic rings. The molecule has 5 nitrogen and oxygen atoms in total. The van der Waals surface area contributed by atoms with Gasteiger partial charge < -0.3 is 15.0 Å². The van der Waals surface area contributed by atoms with Crippen LogP contribution in [0.2, 0.25) is 0 Å². The number of ether oxygens (including phenoxy) is 1. The highest BCUT2D eigenvalue weighted by Crippen LogP contribution is 2.41. The highest BCUT2D eigenvalue weighted by molar-refractivity contribution is 7.14. The van der Waals surface area contributed by atoms with Gasteiger partial charge in [0, 0.05) is 7.11 Å². The molecule has 1 fully saturated rings. The van der Waals surface area contributed by atoms with Crippen LogP contribution in [0, 0.1) is 0 Å². The Bertz CT molecular complexity index is 543. The van der Waals surface area contributed by atoms with E-state index < -0.39 is 0 Å². The van der Waals surface area contributed by atoms with E-state index in [1.54, 1.807) is 7.11 Å². The Kier molecular flexibility index (Phi) is 2.83. The summed E-state index contributed by atoms with van der Waals surface area (Å²) in [7, 11) is 1.71. The SMILES string of the molecule is COC1(c2noc(-c3ccsc3N)n2)CCCC1. The van der Waals surface area contributed by atoms with Crippen molar-refractivity contribution in [2.24, 2.45) is 0 Å². The molecule has 18 heavy (non-hydrogen) atoms. The van der Waals surface area contributed by atoms with Crippen molar-refractivity contribution in [2.75, 3.05) is 12.8 Å². The molecule has 1 aliphatic carbocycles. The van der Waals surface area contributed by atoms with Crippen LogP contribution in [0.3, 0.4) is 0 Å². The van der Waals surface area contributed by atoms with Gasteiger partial charge in [-0.25, -0.2) is 0 Å². The number of rotatable bonds is 3. The molecule has 6 heteroatoms. The number of thiophene rings is 1. The predicted molar refractivity (Wildman–Crippen MR) is 69.2 cm³/mol. The van der Waals surface area contributed by atoms with E-state index >= 15 is 0 Å². The lowest BCUT2D eigenvalue weighted by molar-refractivity contribution is -0.0178. The first-order valence-electron chi connectivity index (χ1n) is 5.98. The molecule has 0 amide bonds. The molecule has 0 atom stereocenters. The number of nitrogens with two attached hydrogens (primary N) is 1. The Balaban J connectivity index is 1.96. The lowest BCUT2D eigenvalue weighted by atomic mass is 10.0. The molecule has 0 aliphatic heterocycles. The maximum absolute atomic E-state index is 5.86. The highest BCUT2D eigenvalue weighted by Gasteiger charge is 2.40. The first-order chi connectivity index (χ1) is 8.75. The van der Waals surface area contributed by atoms with E-state index in [0.717, 1.165) is 31.2 Å². The lowest BCUT2D eigenvalue weighted by Gasteiger charge is -2.22. The maximum Gasteiger partial charge on any atom is 0.261 e. The van der Waals surface area contributed by atoms with Gasteiger partial charge in [-0.1, -0.05) is 5.16 Å². The molecule has 0 unspecified atom stereocenters. The van der Waals surface area contributed by atoms with Crippen LogP contribution < -0.4 is 5.73 Å². The molecule has 0 radical (unpaired) electrons. The number of nitrogen functional groups attached to an aromatic ring is 1. The zero-order valence-corrected chi connectivity index (χ0v) is 11.0. The molecule has 2 N–H and O–H groups in total. The summed E-state index contributed by atoms with van der Waals surface area (Å²) in [5.74, 6) is 1.12. The average Bonchev–Trinajstić information content (AvgIpc) is 3.08. The highest BCUT2D eigenvalue weighted by atomic mass is 32.1. The zero-order chi connectivity index (χ0) is 12.6. The van der Waals surface area contributed by atoms with Crippen LogP contribution >= 0.6 is 11.3 Å². The van der Waals surface area contributed by atoms with Crippen LogP contribution in [0.25, 0.3) is 11.5 Å². The van der Waals surface area contributed by atoms with Crippen molar-refractivity contribution in [1.29, 1.82) is 0 Å². The van der Waals surface area contributed by atoms with Gasteiger partial charge in [-0.05, 0) is 37.1 Å². The van der Waals surface area contributed by atoms with Gasteiger partial charge in [0.15, 0.2) is 0 Å². The summed E-state index contributed by atoms with van der Waals surface area (Å²) in [6.07, 6.45) is 4.17. The van der Waals surface area contributed by atoms with Crippen LogP contribution in [-0.2, 0) is 10.3 Å². The average molecular weight is 265 g/mol. The second-order valence-corrected chi connectivity index (χ2v) is 5.47. The minimum atomic E-state index is -0.369. The number of nitrogens with zero attached hydrogens (tertiary/aromatic N) is 2. The van der Waals surface area contributed by atoms with Crippen molar-refractivity contribution in [3.63, 3.8) is 0 Å². The molecule has 0 spiro atoms. The number of hydrogen-bond donors (Lipinski definition) is 1. The van der Waals surface area contributed by atoms with E-state index in [-0.39, 0.29) is 5.60 Å². The fourth-order valence-electron chi connectivity index (χ4n) is 2.48. The summed E-state index contributed by atoms with van der Waals surface area (Å²) in [4.78, 5) is 4.46. The first kappa shape index (κ1) is 11.7. The quantitative estimate of drug-likeness (QED) is 0.923. The van der Waals surface area contributed by atoms with Crippen LogP contribution in [0.15, 0.2) is 16.0 Å². The standard InChI is InChI=1S/C12H15N3O2S/c1-16-12(5-2-3-6-12)11-14-10(17-15-11)8-4-7-18-9(8)13/h4,7H,2-3,5-6,13H2,1H3. The Hall–Kier alpha value is -1.40. The van der Waals surface area contributed by atoms with E-state index in [2.05, 4.69) is 10.1 Å². The third kappa shape index (κ3) is 1.72. The Labute approximate surface area is 109 Å². The van der Waals surface area contributed by atoms with Gasteiger partial charge >= 0.3 is 0 Å². The van der Waals surface area contributed by atoms with Crippen molar-refractivity contribution in [3.8, 4) is 11.5 Å². The number of anilines is 1. The third-order valence-electron chi connectivity index (χ3n) is 3.56. The molecular weight excluding hydrogens is 250 g/mol. The number of methoxy groups -OCH3 is 1. The van der Waals surface area contributed by atoms with E-state index in [9.17, 15) is 0 Å². The van der Waals surface area contributed by atoms with Gasteiger partial charge in [-0.15, -0.1) is 11.3 Å². The van der Waals surface area contributed by atoms with Crippen LogP contribution in [0.4, 0.5) is 5.00 Å². The molecule has 3 rings (SSSR count). The summed E-state index contributed by atoms with van der Waals surface area (Å²) >= 11 is 1.46. The number of aromatic nitrogens is 2. The van der Waals surface area contributed by atoms with Gasteiger partial charge in [0.05, 0.1) is 10.6 Å². The normalized spacial score (nSPS) is 18.3.